The van der Waals surface area contributed by atoms with Gasteiger partial charge in [-0.2, -0.15) is 13.2 Å². The standard InChI is InChI=1S/C15H13F3N2O2.C15H16N2O2.3C14H13ClN2O2.C14H14N2O2/c16-15(17,18)12-4-2-1-3-10(12)5-6-14-19-7-11(8-20-14)13(22)9-21;1-11-2-4-12(5-3-11)6-7-15-16-8-13(9-17-15)14(19)10-18;15-12-4-1-10(2-5-12)3-6-14-16-7-11(8-17-14)13(19)9-18;15-12-3-1-2-10(6-12)4-5-14-16-7-11(8-17-14)13(19)9-18;15-12-4-2-1-3-10(12)5-6-14-16-7-11(8-17-14)13(19)9-18;17-10-13(18)12-8-15-14(16-9-12)7-6-11-4-2-1-3-5-11/h1-4,7-8,21H,5-6,9H2;2-5,8-9,18H,6-7,10H2,1H3;1-2,4-5,7-8,18H,3,6,9H2;1-3,6-8,18H,4-5,9H2;1-4,7-8,18H,5-6,9H2;1-5,8-9,17H,6-7,10H2. The quantitative estimate of drug-likeness (QED) is 0.0228. The second kappa shape index (κ2) is 49.1. The molecule has 24 nitrogen and oxygen atoms in total. The molecule has 6 aromatic carbocycles. The van der Waals surface area contributed by atoms with Gasteiger partial charge in [-0.05, 0) is 115 Å². The van der Waals surface area contributed by atoms with E-state index < -0.39 is 57.2 Å². The Bertz CT molecular complexity index is 4950. The topological polar surface area (TPSA) is 378 Å². The smallest absolute Gasteiger partial charge is 0.388 e. The van der Waals surface area contributed by atoms with Crippen LogP contribution in [-0.4, -0.2) is 165 Å². The van der Waals surface area contributed by atoms with Gasteiger partial charge in [-0.25, -0.2) is 59.8 Å². The summed E-state index contributed by atoms with van der Waals surface area (Å²) in [6, 6.07) is 46.7. The van der Waals surface area contributed by atoms with Crippen LogP contribution in [0.5, 0.6) is 0 Å². The number of carbonyl (C=O) groups excluding carboxylic acids is 6. The number of nitrogens with zero attached hydrogens (tertiary/aromatic N) is 12. The molecule has 0 amide bonds. The van der Waals surface area contributed by atoms with Crippen LogP contribution in [0.1, 0.15) is 142 Å². The molecule has 0 aliphatic heterocycles. The fourth-order valence-corrected chi connectivity index (χ4v) is 10.9. The van der Waals surface area contributed by atoms with Crippen LogP contribution in [0, 0.1) is 6.92 Å². The van der Waals surface area contributed by atoms with E-state index in [-0.39, 0.29) is 52.9 Å². The van der Waals surface area contributed by atoms with Crippen molar-refractivity contribution in [2.45, 2.75) is 90.1 Å². The highest BCUT2D eigenvalue weighted by Crippen LogP contribution is 2.32. The number of aliphatic hydroxyl groups is 6. The summed E-state index contributed by atoms with van der Waals surface area (Å²) >= 11 is 17.8. The van der Waals surface area contributed by atoms with E-state index in [9.17, 15) is 41.9 Å². The fraction of sp³-hybridized carbons (Fsp3) is 0.233. The highest BCUT2D eigenvalue weighted by Gasteiger charge is 2.33. The second-order valence-electron chi connectivity index (χ2n) is 25.3. The number of hydrogen-bond donors (Lipinski definition) is 6. The van der Waals surface area contributed by atoms with Crippen molar-refractivity contribution >= 4 is 69.5 Å². The van der Waals surface area contributed by atoms with E-state index in [1.807, 2.05) is 91.0 Å². The first-order chi connectivity index (χ1) is 56.0. The number of Topliss-reactive ketones (excluding diaryl/α,β-unsaturated/α-hetero) is 6. The number of carbonyl (C=O) groups is 6. The van der Waals surface area contributed by atoms with Crippen molar-refractivity contribution < 1.29 is 72.6 Å². The predicted molar refractivity (Wildman–Crippen MR) is 429 cm³/mol. The van der Waals surface area contributed by atoms with Crippen molar-refractivity contribution in [3.63, 3.8) is 0 Å². The summed E-state index contributed by atoms with van der Waals surface area (Å²) in [7, 11) is 0. The first-order valence-electron chi connectivity index (χ1n) is 36.1. The number of aromatic nitrogens is 12. The predicted octanol–water partition coefficient (Wildman–Crippen LogP) is 11.9. The zero-order valence-electron chi connectivity index (χ0n) is 62.9. The van der Waals surface area contributed by atoms with Crippen LogP contribution in [-0.2, 0) is 83.2 Å². The molecule has 600 valence electrons. The third kappa shape index (κ3) is 32.3. The van der Waals surface area contributed by atoms with Gasteiger partial charge in [-0.1, -0.05) is 156 Å². The van der Waals surface area contributed by atoms with E-state index in [0.717, 1.165) is 72.7 Å². The maximum atomic E-state index is 12.9. The summed E-state index contributed by atoms with van der Waals surface area (Å²) < 4.78 is 38.6. The van der Waals surface area contributed by atoms with Crippen LogP contribution in [0.2, 0.25) is 15.1 Å². The van der Waals surface area contributed by atoms with Gasteiger partial charge in [0.15, 0.2) is 34.7 Å². The van der Waals surface area contributed by atoms with Crippen molar-refractivity contribution in [1.29, 1.82) is 0 Å². The number of aryl methyl sites for hydroxylation is 13. The molecule has 0 atom stereocenters. The van der Waals surface area contributed by atoms with E-state index in [1.165, 1.54) is 103 Å². The number of halogens is 6. The minimum Gasteiger partial charge on any atom is -0.388 e. The van der Waals surface area contributed by atoms with E-state index >= 15 is 0 Å². The molecular formula is C86H82Cl3F3N12O12. The van der Waals surface area contributed by atoms with Crippen LogP contribution < -0.4 is 0 Å². The Balaban J connectivity index is 0.000000193. The molecule has 0 aliphatic carbocycles. The average molecular weight is 1640 g/mol. The molecule has 0 fully saturated rings. The SMILES string of the molecule is Cc1ccc(CCc2ncc(C(=O)CO)cn2)cc1.O=C(CO)c1cnc(CCc2ccc(Cl)cc2)nc1.O=C(CO)c1cnc(CCc2cccc(Cl)c2)nc1.O=C(CO)c1cnc(CCc2ccccc2)nc1.O=C(CO)c1cnc(CCc2ccccc2C(F)(F)F)nc1.O=C(CO)c1cnc(CCc2ccccc2Cl)nc1. The lowest BCUT2D eigenvalue weighted by molar-refractivity contribution is -0.138. The van der Waals surface area contributed by atoms with E-state index in [1.54, 1.807) is 6.07 Å². The normalized spacial score (nSPS) is 10.6. The molecule has 0 saturated heterocycles. The maximum absolute atomic E-state index is 12.9. The zero-order valence-corrected chi connectivity index (χ0v) is 65.1. The molecule has 0 radical (unpaired) electrons. The van der Waals surface area contributed by atoms with E-state index in [4.69, 9.17) is 65.4 Å². The molecule has 30 heteroatoms. The van der Waals surface area contributed by atoms with Gasteiger partial charge in [0, 0.05) is 128 Å². The van der Waals surface area contributed by atoms with Crippen LogP contribution in [0.25, 0.3) is 0 Å². The van der Waals surface area contributed by atoms with Crippen molar-refractivity contribution in [3.8, 4) is 0 Å². The number of alkyl halides is 3. The van der Waals surface area contributed by atoms with Gasteiger partial charge in [-0.3, -0.25) is 28.8 Å². The van der Waals surface area contributed by atoms with Gasteiger partial charge < -0.3 is 30.6 Å². The first-order valence-corrected chi connectivity index (χ1v) is 37.3. The lowest BCUT2D eigenvalue weighted by Crippen LogP contribution is -2.11. The second-order valence-corrected chi connectivity index (χ2v) is 26.6. The third-order valence-electron chi connectivity index (χ3n) is 16.9. The summed E-state index contributed by atoms with van der Waals surface area (Å²) in [6.45, 7) is -1.16. The Hall–Kier alpha value is -11.8. The average Bonchev–Trinajstić information content (AvgIpc) is 0.831. The summed E-state index contributed by atoms with van der Waals surface area (Å²) in [6.07, 6.45) is 20.6. The Morgan fingerprint density at radius 2 is 0.552 bits per heavy atom. The highest BCUT2D eigenvalue weighted by atomic mass is 35.5. The van der Waals surface area contributed by atoms with Crippen molar-refractivity contribution in [1.82, 2.24) is 59.8 Å². The number of ketones is 6. The van der Waals surface area contributed by atoms with Gasteiger partial charge in [-0.15, -0.1) is 0 Å². The molecule has 6 N–H and O–H groups in total. The summed E-state index contributed by atoms with van der Waals surface area (Å²) in [4.78, 5) is 116. The molecule has 0 bridgehead atoms. The van der Waals surface area contributed by atoms with Gasteiger partial charge in [0.25, 0.3) is 0 Å². The summed E-state index contributed by atoms with van der Waals surface area (Å²) in [5, 5.41) is 54.4. The molecule has 0 unspecified atom stereocenters. The summed E-state index contributed by atoms with van der Waals surface area (Å²) in [5.41, 5.74) is 8.39. The van der Waals surface area contributed by atoms with Crippen LogP contribution >= 0.6 is 34.8 Å². The monoisotopic (exact) mass is 1640 g/mol. The van der Waals surface area contributed by atoms with Crippen molar-refractivity contribution in [2.75, 3.05) is 39.6 Å². The van der Waals surface area contributed by atoms with Crippen molar-refractivity contribution in [2.24, 2.45) is 0 Å². The van der Waals surface area contributed by atoms with Gasteiger partial charge >= 0.3 is 6.18 Å². The minimum absolute atomic E-state index is 0.142. The first kappa shape index (κ1) is 91.4. The molecule has 0 saturated carbocycles. The number of hydrogen-bond acceptors (Lipinski definition) is 24. The summed E-state index contributed by atoms with van der Waals surface area (Å²) in [5.74, 6) is 1.38. The van der Waals surface area contributed by atoms with Gasteiger partial charge in [0.1, 0.15) is 74.6 Å². The number of aliphatic hydroxyl groups excluding tert-OH is 6. The maximum Gasteiger partial charge on any atom is 0.416 e. The largest absolute Gasteiger partial charge is 0.416 e. The Morgan fingerprint density at radius 3 is 0.871 bits per heavy atom. The third-order valence-corrected chi connectivity index (χ3v) is 17.7. The molecule has 12 aromatic rings. The lowest BCUT2D eigenvalue weighted by atomic mass is 10.0. The number of rotatable bonds is 30. The number of benzene rings is 6. The van der Waals surface area contributed by atoms with Crippen molar-refractivity contribution in [3.05, 3.63) is 354 Å². The van der Waals surface area contributed by atoms with Crippen LogP contribution in [0.15, 0.2) is 226 Å². The molecule has 6 heterocycles. The Kier molecular flexibility index (Phi) is 38.7. The molecule has 12 rings (SSSR count). The van der Waals surface area contributed by atoms with Gasteiger partial charge in [0.2, 0.25) is 0 Å². The highest BCUT2D eigenvalue weighted by molar-refractivity contribution is 6.31. The van der Waals surface area contributed by atoms with Gasteiger partial charge in [0.05, 0.1) is 38.9 Å². The molecular weight excluding hydrogens is 1560 g/mol. The van der Waals surface area contributed by atoms with E-state index in [0.29, 0.717) is 92.1 Å². The zero-order chi connectivity index (χ0) is 83.6. The van der Waals surface area contributed by atoms with E-state index in [2.05, 4.69) is 103 Å². The molecule has 0 spiro atoms. The lowest BCUT2D eigenvalue weighted by Gasteiger charge is -2.12. The van der Waals surface area contributed by atoms with Crippen LogP contribution in [0.4, 0.5) is 13.2 Å². The Labute approximate surface area is 681 Å². The van der Waals surface area contributed by atoms with Crippen LogP contribution in [0.3, 0.4) is 0 Å². The fourth-order valence-electron chi connectivity index (χ4n) is 10.3. The minimum atomic E-state index is -4.39. The molecule has 0 aliphatic rings. The Morgan fingerprint density at radius 1 is 0.284 bits per heavy atom. The molecule has 116 heavy (non-hydrogen) atoms. The molecule has 6 aromatic heterocycles.